The van der Waals surface area contributed by atoms with Crippen LogP contribution in [0.25, 0.3) is 0 Å². The first kappa shape index (κ1) is 22.7. The normalized spacial score (nSPS) is 21.0. The fourth-order valence-electron chi connectivity index (χ4n) is 5.04. The molecule has 2 rings (SSSR count). The third-order valence-corrected chi connectivity index (χ3v) is 6.61. The van der Waals surface area contributed by atoms with Crippen LogP contribution in [0.5, 0.6) is 0 Å². The van der Waals surface area contributed by atoms with Crippen molar-refractivity contribution in [2.24, 2.45) is 23.7 Å². The Bertz CT molecular complexity index is 509. The van der Waals surface area contributed by atoms with Gasteiger partial charge in [-0.05, 0) is 31.1 Å². The van der Waals surface area contributed by atoms with Gasteiger partial charge in [0, 0.05) is 12.5 Å². The molecule has 28 heavy (non-hydrogen) atoms. The zero-order valence-electron chi connectivity index (χ0n) is 17.0. The van der Waals surface area contributed by atoms with Crippen LogP contribution < -0.4 is 5.32 Å². The second kappa shape index (κ2) is 12.1. The predicted molar refractivity (Wildman–Crippen MR) is 107 cm³/mol. The molecule has 0 spiro atoms. The zero-order valence-corrected chi connectivity index (χ0v) is 17.0. The predicted octanol–water partition coefficient (Wildman–Crippen LogP) is 4.23. The highest BCUT2D eigenvalue weighted by atomic mass is 16.4. The lowest BCUT2D eigenvalue weighted by Crippen LogP contribution is -2.36. The minimum atomic E-state index is -0.940. The van der Waals surface area contributed by atoms with Gasteiger partial charge >= 0.3 is 11.9 Å². The number of hydrogen-bond acceptors (Lipinski definition) is 3. The molecule has 6 heteroatoms. The van der Waals surface area contributed by atoms with Crippen LogP contribution in [0.4, 0.5) is 0 Å². The van der Waals surface area contributed by atoms with E-state index in [9.17, 15) is 19.5 Å². The lowest BCUT2D eigenvalue weighted by Gasteiger charge is -2.29. The molecule has 0 aromatic carbocycles. The zero-order chi connectivity index (χ0) is 20.4. The van der Waals surface area contributed by atoms with Gasteiger partial charge in [0.05, 0.1) is 12.3 Å². The molecule has 2 fully saturated rings. The molecule has 0 radical (unpaired) electrons. The summed E-state index contributed by atoms with van der Waals surface area (Å²) in [5, 5.41) is 21.3. The number of carboxylic acids is 2. The van der Waals surface area contributed by atoms with Gasteiger partial charge in [0.1, 0.15) is 0 Å². The highest BCUT2D eigenvalue weighted by molar-refractivity contribution is 5.80. The summed E-state index contributed by atoms with van der Waals surface area (Å²) in [6.07, 6.45) is 13.3. The van der Waals surface area contributed by atoms with E-state index in [1.807, 2.05) is 0 Å². The summed E-state index contributed by atoms with van der Waals surface area (Å²) in [5.74, 6) is -1.78. The highest BCUT2D eigenvalue weighted by Gasteiger charge is 2.31. The van der Waals surface area contributed by atoms with Crippen LogP contribution in [0.15, 0.2) is 0 Å². The summed E-state index contributed by atoms with van der Waals surface area (Å²) in [7, 11) is 0. The molecule has 1 amide bonds. The molecular weight excluding hydrogens is 358 g/mol. The van der Waals surface area contributed by atoms with Crippen molar-refractivity contribution in [1.29, 1.82) is 0 Å². The first-order chi connectivity index (χ1) is 13.5. The molecular formula is C22H37NO5. The number of amides is 1. The van der Waals surface area contributed by atoms with Crippen molar-refractivity contribution in [3.05, 3.63) is 0 Å². The number of rotatable bonds is 11. The lowest BCUT2D eigenvalue weighted by atomic mass is 9.76. The minimum absolute atomic E-state index is 0.105. The van der Waals surface area contributed by atoms with E-state index in [1.54, 1.807) is 0 Å². The van der Waals surface area contributed by atoms with Crippen molar-refractivity contribution in [2.45, 2.75) is 89.9 Å². The molecule has 0 aliphatic heterocycles. The summed E-state index contributed by atoms with van der Waals surface area (Å²) in [5.41, 5.74) is 0. The average Bonchev–Trinajstić information content (AvgIpc) is 2.68. The fourth-order valence-corrected chi connectivity index (χ4v) is 5.04. The van der Waals surface area contributed by atoms with Gasteiger partial charge in [-0.15, -0.1) is 0 Å². The van der Waals surface area contributed by atoms with Crippen molar-refractivity contribution in [1.82, 2.24) is 5.32 Å². The molecule has 2 saturated carbocycles. The second-order valence-corrected chi connectivity index (χ2v) is 8.88. The van der Waals surface area contributed by atoms with Crippen LogP contribution in [0.2, 0.25) is 0 Å². The van der Waals surface area contributed by atoms with Gasteiger partial charge in [-0.3, -0.25) is 14.4 Å². The van der Waals surface area contributed by atoms with Crippen LogP contribution in [-0.4, -0.2) is 34.6 Å². The van der Waals surface area contributed by atoms with E-state index in [1.165, 1.54) is 38.5 Å². The Balaban J connectivity index is 1.98. The molecule has 3 N–H and O–H groups in total. The van der Waals surface area contributed by atoms with Gasteiger partial charge in [0.15, 0.2) is 0 Å². The maximum atomic E-state index is 12.8. The number of carbonyl (C=O) groups excluding carboxylic acids is 1. The molecule has 2 aliphatic rings. The minimum Gasteiger partial charge on any atom is -0.481 e. The summed E-state index contributed by atoms with van der Waals surface area (Å²) < 4.78 is 0. The van der Waals surface area contributed by atoms with Crippen LogP contribution in [0.1, 0.15) is 89.9 Å². The summed E-state index contributed by atoms with van der Waals surface area (Å²) >= 11 is 0. The SMILES string of the molecule is O=C(O)CCNC(=O)C(CC1CCCCC1)C[C@@H](CC1CCCCC1)C(=O)O. The monoisotopic (exact) mass is 395 g/mol. The second-order valence-electron chi connectivity index (χ2n) is 8.88. The third-order valence-electron chi connectivity index (χ3n) is 6.61. The van der Waals surface area contributed by atoms with Gasteiger partial charge in [0.25, 0.3) is 0 Å². The standard InChI is InChI=1S/C22H37NO5/c24-20(25)11-12-23-21(26)18(13-16-7-3-1-4-8-16)15-19(22(27)28)14-17-9-5-2-6-10-17/h16-19H,1-15H2,(H,23,26)(H,24,25)(H,27,28)/t18?,19-/m1/s1. The van der Waals surface area contributed by atoms with Gasteiger partial charge in [-0.1, -0.05) is 64.2 Å². The van der Waals surface area contributed by atoms with Crippen molar-refractivity contribution in [3.63, 3.8) is 0 Å². The smallest absolute Gasteiger partial charge is 0.306 e. The average molecular weight is 396 g/mol. The van der Waals surface area contributed by atoms with Gasteiger partial charge < -0.3 is 15.5 Å². The summed E-state index contributed by atoms with van der Waals surface area (Å²) in [4.78, 5) is 35.4. The Hall–Kier alpha value is -1.59. The Morgan fingerprint density at radius 1 is 0.786 bits per heavy atom. The summed E-state index contributed by atoms with van der Waals surface area (Å²) in [6.45, 7) is 0.107. The molecule has 0 saturated heterocycles. The van der Waals surface area contributed by atoms with E-state index in [-0.39, 0.29) is 24.8 Å². The Labute approximate surface area is 168 Å². The topological polar surface area (TPSA) is 104 Å². The van der Waals surface area contributed by atoms with Crippen LogP contribution >= 0.6 is 0 Å². The van der Waals surface area contributed by atoms with Crippen molar-refractivity contribution in [2.75, 3.05) is 6.54 Å². The first-order valence-electron chi connectivity index (χ1n) is 11.2. The molecule has 0 aromatic heterocycles. The van der Waals surface area contributed by atoms with E-state index in [0.717, 1.165) is 32.1 Å². The first-order valence-corrected chi connectivity index (χ1v) is 11.2. The van der Waals surface area contributed by atoms with Gasteiger partial charge in [-0.2, -0.15) is 0 Å². The van der Waals surface area contributed by atoms with Gasteiger partial charge in [0.2, 0.25) is 5.91 Å². The van der Waals surface area contributed by atoms with E-state index < -0.39 is 17.9 Å². The summed E-state index contributed by atoms with van der Waals surface area (Å²) in [6, 6.07) is 0. The molecule has 1 unspecified atom stereocenters. The van der Waals surface area contributed by atoms with Crippen LogP contribution in [0.3, 0.4) is 0 Å². The maximum absolute atomic E-state index is 12.8. The molecule has 0 aromatic rings. The molecule has 0 bridgehead atoms. The van der Waals surface area contributed by atoms with E-state index in [4.69, 9.17) is 5.11 Å². The number of carbonyl (C=O) groups is 3. The van der Waals surface area contributed by atoms with Crippen LogP contribution in [0, 0.1) is 23.7 Å². The largest absolute Gasteiger partial charge is 0.481 e. The van der Waals surface area contributed by atoms with Crippen molar-refractivity contribution < 1.29 is 24.6 Å². The van der Waals surface area contributed by atoms with Crippen molar-refractivity contribution in [3.8, 4) is 0 Å². The molecule has 160 valence electrons. The van der Waals surface area contributed by atoms with E-state index in [2.05, 4.69) is 5.32 Å². The van der Waals surface area contributed by atoms with E-state index >= 15 is 0 Å². The number of hydrogen-bond donors (Lipinski definition) is 3. The molecule has 2 atom stereocenters. The Kier molecular flexibility index (Phi) is 9.79. The highest BCUT2D eigenvalue weighted by Crippen LogP contribution is 2.35. The molecule has 2 aliphatic carbocycles. The van der Waals surface area contributed by atoms with E-state index in [0.29, 0.717) is 24.7 Å². The quantitative estimate of drug-likeness (QED) is 0.486. The third kappa shape index (κ3) is 8.19. The maximum Gasteiger partial charge on any atom is 0.306 e. The number of carboxylic acid groups (broad SMARTS) is 2. The number of aliphatic carboxylic acids is 2. The van der Waals surface area contributed by atoms with Crippen LogP contribution in [-0.2, 0) is 14.4 Å². The fraction of sp³-hybridized carbons (Fsp3) is 0.864. The van der Waals surface area contributed by atoms with Crippen molar-refractivity contribution >= 4 is 17.8 Å². The van der Waals surface area contributed by atoms with Gasteiger partial charge in [-0.25, -0.2) is 0 Å². The Morgan fingerprint density at radius 2 is 1.29 bits per heavy atom. The number of nitrogens with one attached hydrogen (secondary N) is 1. The lowest BCUT2D eigenvalue weighted by molar-refractivity contribution is -0.143. The Morgan fingerprint density at radius 3 is 1.75 bits per heavy atom. The molecule has 0 heterocycles. The molecule has 6 nitrogen and oxygen atoms in total.